The number of hydrogen-bond donors (Lipinski definition) is 1. The number of rotatable bonds is 8. The number of nitrogens with one attached hydrogen (secondary N) is 1. The van der Waals surface area contributed by atoms with Crippen molar-refractivity contribution in [3.63, 3.8) is 0 Å². The predicted octanol–water partition coefficient (Wildman–Crippen LogP) is 1.97. The van der Waals surface area contributed by atoms with Crippen molar-refractivity contribution >= 4 is 5.82 Å². The molecule has 0 amide bonds. The van der Waals surface area contributed by atoms with Gasteiger partial charge in [-0.15, -0.1) is 0 Å². The van der Waals surface area contributed by atoms with Crippen molar-refractivity contribution in [2.75, 3.05) is 38.3 Å². The fourth-order valence-electron chi connectivity index (χ4n) is 1.70. The van der Waals surface area contributed by atoms with Gasteiger partial charge in [0.25, 0.3) is 0 Å². The maximum Gasteiger partial charge on any atom is 0.128 e. The first-order valence-corrected chi connectivity index (χ1v) is 6.65. The van der Waals surface area contributed by atoms with Gasteiger partial charge in [0.15, 0.2) is 0 Å². The van der Waals surface area contributed by atoms with Crippen LogP contribution in [-0.2, 0) is 11.3 Å². The zero-order valence-electron chi connectivity index (χ0n) is 12.0. The van der Waals surface area contributed by atoms with Crippen molar-refractivity contribution in [3.8, 4) is 0 Å². The molecule has 0 radical (unpaired) electrons. The monoisotopic (exact) mass is 251 g/mol. The van der Waals surface area contributed by atoms with Gasteiger partial charge in [0.1, 0.15) is 5.82 Å². The Kier molecular flexibility index (Phi) is 6.68. The lowest BCUT2D eigenvalue weighted by Crippen LogP contribution is -2.24. The highest BCUT2D eigenvalue weighted by Gasteiger charge is 2.05. The second kappa shape index (κ2) is 8.06. The van der Waals surface area contributed by atoms with E-state index in [1.54, 1.807) is 0 Å². The van der Waals surface area contributed by atoms with Crippen LogP contribution in [0.1, 0.15) is 25.1 Å². The molecule has 0 aromatic carbocycles. The first-order valence-electron chi connectivity index (χ1n) is 6.65. The van der Waals surface area contributed by atoms with E-state index in [1.807, 2.05) is 14.0 Å². The molecule has 0 atom stereocenters. The van der Waals surface area contributed by atoms with E-state index in [1.165, 1.54) is 5.56 Å². The van der Waals surface area contributed by atoms with Gasteiger partial charge >= 0.3 is 0 Å². The van der Waals surface area contributed by atoms with Gasteiger partial charge in [-0.25, -0.2) is 4.98 Å². The van der Waals surface area contributed by atoms with Gasteiger partial charge in [-0.05, 0) is 32.0 Å². The summed E-state index contributed by atoms with van der Waals surface area (Å²) in [5.41, 5.74) is 2.36. The Morgan fingerprint density at radius 3 is 2.72 bits per heavy atom. The standard InChI is InChI=1S/C14H25N3O/c1-5-15-11-13-7-8-14(16-12(13)3)17(4)9-10-18-6-2/h7-8,15H,5-6,9-11H2,1-4H3. The number of likely N-dealkylation sites (N-methyl/N-ethyl adjacent to an activating group) is 1. The summed E-state index contributed by atoms with van der Waals surface area (Å²) in [6.45, 7) is 10.4. The van der Waals surface area contributed by atoms with Crippen LogP contribution in [0.4, 0.5) is 5.82 Å². The molecule has 0 spiro atoms. The molecule has 1 N–H and O–H groups in total. The van der Waals surface area contributed by atoms with E-state index >= 15 is 0 Å². The van der Waals surface area contributed by atoms with Crippen LogP contribution < -0.4 is 10.2 Å². The van der Waals surface area contributed by atoms with E-state index < -0.39 is 0 Å². The summed E-state index contributed by atoms with van der Waals surface area (Å²) >= 11 is 0. The van der Waals surface area contributed by atoms with Crippen LogP contribution in [0.15, 0.2) is 12.1 Å². The zero-order chi connectivity index (χ0) is 13.4. The summed E-state index contributed by atoms with van der Waals surface area (Å²) in [5.74, 6) is 1.01. The minimum atomic E-state index is 0.743. The Labute approximate surface area is 110 Å². The topological polar surface area (TPSA) is 37.4 Å². The largest absolute Gasteiger partial charge is 0.380 e. The SMILES string of the molecule is CCNCc1ccc(N(C)CCOCC)nc1C. The van der Waals surface area contributed by atoms with Gasteiger partial charge in [0.2, 0.25) is 0 Å². The lowest BCUT2D eigenvalue weighted by atomic mass is 10.2. The number of pyridine rings is 1. The molecule has 0 saturated carbocycles. The van der Waals surface area contributed by atoms with E-state index in [0.717, 1.165) is 44.4 Å². The third kappa shape index (κ3) is 4.63. The summed E-state index contributed by atoms with van der Waals surface area (Å²) in [6, 6.07) is 4.23. The minimum Gasteiger partial charge on any atom is -0.380 e. The van der Waals surface area contributed by atoms with Gasteiger partial charge < -0.3 is 15.0 Å². The molecule has 0 unspecified atom stereocenters. The lowest BCUT2D eigenvalue weighted by Gasteiger charge is -2.19. The van der Waals surface area contributed by atoms with Crippen molar-refractivity contribution < 1.29 is 4.74 Å². The van der Waals surface area contributed by atoms with Crippen molar-refractivity contribution in [2.45, 2.75) is 27.3 Å². The Morgan fingerprint density at radius 2 is 2.11 bits per heavy atom. The highest BCUT2D eigenvalue weighted by molar-refractivity contribution is 5.40. The summed E-state index contributed by atoms with van der Waals surface area (Å²) < 4.78 is 5.35. The maximum atomic E-state index is 5.35. The number of hydrogen-bond acceptors (Lipinski definition) is 4. The van der Waals surface area contributed by atoms with Crippen LogP contribution in [-0.4, -0.2) is 38.3 Å². The summed E-state index contributed by atoms with van der Waals surface area (Å²) in [7, 11) is 2.05. The van der Waals surface area contributed by atoms with Crippen LogP contribution in [0.2, 0.25) is 0 Å². The molecule has 0 fully saturated rings. The zero-order valence-corrected chi connectivity index (χ0v) is 12.0. The van der Waals surface area contributed by atoms with Crippen molar-refractivity contribution in [3.05, 3.63) is 23.4 Å². The molecule has 0 bridgehead atoms. The highest BCUT2D eigenvalue weighted by Crippen LogP contribution is 2.13. The average Bonchev–Trinajstić information content (AvgIpc) is 2.37. The second-order valence-corrected chi connectivity index (χ2v) is 4.31. The van der Waals surface area contributed by atoms with E-state index in [4.69, 9.17) is 4.74 Å². The third-order valence-electron chi connectivity index (χ3n) is 2.91. The van der Waals surface area contributed by atoms with Gasteiger partial charge in [-0.3, -0.25) is 0 Å². The van der Waals surface area contributed by atoms with Crippen molar-refractivity contribution in [1.82, 2.24) is 10.3 Å². The van der Waals surface area contributed by atoms with Crippen LogP contribution in [0, 0.1) is 6.92 Å². The fraction of sp³-hybridized carbons (Fsp3) is 0.643. The molecule has 1 aromatic heterocycles. The Balaban J connectivity index is 2.59. The van der Waals surface area contributed by atoms with Crippen LogP contribution in [0.3, 0.4) is 0 Å². The molecule has 0 aliphatic carbocycles. The smallest absolute Gasteiger partial charge is 0.128 e. The van der Waals surface area contributed by atoms with Crippen LogP contribution >= 0.6 is 0 Å². The number of anilines is 1. The molecule has 0 aliphatic rings. The molecule has 1 heterocycles. The third-order valence-corrected chi connectivity index (χ3v) is 2.91. The molecular formula is C14H25N3O. The Hall–Kier alpha value is -1.13. The number of ether oxygens (including phenoxy) is 1. The fourth-order valence-corrected chi connectivity index (χ4v) is 1.70. The number of aryl methyl sites for hydroxylation is 1. The minimum absolute atomic E-state index is 0.743. The first-order chi connectivity index (χ1) is 8.69. The molecular weight excluding hydrogens is 226 g/mol. The van der Waals surface area contributed by atoms with E-state index in [2.05, 4.69) is 41.2 Å². The predicted molar refractivity (Wildman–Crippen MR) is 76.1 cm³/mol. The molecule has 0 aliphatic heterocycles. The maximum absolute atomic E-state index is 5.35. The first kappa shape index (κ1) is 14.9. The van der Waals surface area contributed by atoms with Gasteiger partial charge in [-0.1, -0.05) is 13.0 Å². The summed E-state index contributed by atoms with van der Waals surface area (Å²) in [6.07, 6.45) is 0. The molecule has 18 heavy (non-hydrogen) atoms. The van der Waals surface area contributed by atoms with Crippen LogP contribution in [0.25, 0.3) is 0 Å². The average molecular weight is 251 g/mol. The van der Waals surface area contributed by atoms with Gasteiger partial charge in [-0.2, -0.15) is 0 Å². The van der Waals surface area contributed by atoms with Gasteiger partial charge in [0.05, 0.1) is 6.61 Å². The lowest BCUT2D eigenvalue weighted by molar-refractivity contribution is 0.154. The number of nitrogens with zero attached hydrogens (tertiary/aromatic N) is 2. The summed E-state index contributed by atoms with van der Waals surface area (Å²) in [5, 5.41) is 3.32. The molecule has 4 heteroatoms. The highest BCUT2D eigenvalue weighted by atomic mass is 16.5. The Bertz CT molecular complexity index is 355. The molecule has 102 valence electrons. The second-order valence-electron chi connectivity index (χ2n) is 4.31. The summed E-state index contributed by atoms with van der Waals surface area (Å²) in [4.78, 5) is 6.76. The quantitative estimate of drug-likeness (QED) is 0.717. The van der Waals surface area contributed by atoms with Crippen LogP contribution in [0.5, 0.6) is 0 Å². The normalized spacial score (nSPS) is 10.7. The van der Waals surface area contributed by atoms with Gasteiger partial charge in [0, 0.05) is 32.4 Å². The molecule has 0 saturated heterocycles. The molecule has 4 nitrogen and oxygen atoms in total. The number of aromatic nitrogens is 1. The Morgan fingerprint density at radius 1 is 1.33 bits per heavy atom. The van der Waals surface area contributed by atoms with E-state index in [9.17, 15) is 0 Å². The van der Waals surface area contributed by atoms with Crippen molar-refractivity contribution in [1.29, 1.82) is 0 Å². The van der Waals surface area contributed by atoms with E-state index in [0.29, 0.717) is 0 Å². The van der Waals surface area contributed by atoms with Crippen molar-refractivity contribution in [2.24, 2.45) is 0 Å². The van der Waals surface area contributed by atoms with E-state index in [-0.39, 0.29) is 0 Å². The molecule has 1 aromatic rings. The molecule has 1 rings (SSSR count).